The molecule has 2 aromatic carbocycles. The number of benzene rings is 2. The number of amides is 1. The monoisotopic (exact) mass is 278 g/mol. The zero-order chi connectivity index (χ0) is 14.0. The minimum atomic E-state index is -0.542. The average Bonchev–Trinajstić information content (AvgIpc) is 2.36. The van der Waals surface area contributed by atoms with Crippen LogP contribution in [0.3, 0.4) is 0 Å². The lowest BCUT2D eigenvalue weighted by molar-refractivity contribution is 0.102. The third-order valence-electron chi connectivity index (χ3n) is 2.68. The van der Waals surface area contributed by atoms with Gasteiger partial charge in [0, 0.05) is 16.3 Å². The molecule has 0 radical (unpaired) electrons. The van der Waals surface area contributed by atoms with Crippen molar-refractivity contribution in [2.75, 3.05) is 11.1 Å². The molecule has 0 bridgehead atoms. The molecule has 19 heavy (non-hydrogen) atoms. The Balaban J connectivity index is 2.30. The Morgan fingerprint density at radius 1 is 1.26 bits per heavy atom. The molecule has 0 unspecified atom stereocenters. The summed E-state index contributed by atoms with van der Waals surface area (Å²) in [5, 5.41) is 2.83. The Labute approximate surface area is 115 Å². The van der Waals surface area contributed by atoms with Gasteiger partial charge in [-0.1, -0.05) is 17.7 Å². The molecule has 0 heterocycles. The molecule has 98 valence electrons. The van der Waals surface area contributed by atoms with Crippen molar-refractivity contribution in [3.05, 3.63) is 58.4 Å². The predicted octanol–water partition coefficient (Wildman–Crippen LogP) is 3.62. The molecule has 0 spiro atoms. The molecule has 0 saturated heterocycles. The van der Waals surface area contributed by atoms with Gasteiger partial charge in [-0.15, -0.1) is 0 Å². The second kappa shape index (κ2) is 5.28. The molecule has 0 aliphatic rings. The van der Waals surface area contributed by atoms with E-state index in [1.54, 1.807) is 25.1 Å². The van der Waals surface area contributed by atoms with Crippen molar-refractivity contribution in [3.8, 4) is 0 Å². The number of hydrogen-bond donors (Lipinski definition) is 2. The highest BCUT2D eigenvalue weighted by Gasteiger charge is 2.12. The lowest BCUT2D eigenvalue weighted by Crippen LogP contribution is -2.14. The first-order valence-electron chi connectivity index (χ1n) is 5.60. The summed E-state index contributed by atoms with van der Waals surface area (Å²) in [7, 11) is 0. The number of halogens is 2. The fourth-order valence-electron chi connectivity index (χ4n) is 1.67. The minimum Gasteiger partial charge on any atom is -0.399 e. The van der Waals surface area contributed by atoms with Gasteiger partial charge < -0.3 is 11.1 Å². The van der Waals surface area contributed by atoms with Gasteiger partial charge in [-0.25, -0.2) is 4.39 Å². The van der Waals surface area contributed by atoms with Crippen LogP contribution in [0.15, 0.2) is 36.4 Å². The van der Waals surface area contributed by atoms with E-state index in [1.165, 1.54) is 18.2 Å². The molecule has 0 aliphatic carbocycles. The Morgan fingerprint density at radius 2 is 2.00 bits per heavy atom. The standard InChI is InChI=1S/C14H12ClFN2O/c1-8-2-4-10(17)7-11(8)14(19)18-13-6-9(15)3-5-12(13)16/h2-7H,17H2,1H3,(H,18,19). The van der Waals surface area contributed by atoms with E-state index in [2.05, 4.69) is 5.32 Å². The van der Waals surface area contributed by atoms with Gasteiger partial charge in [0.1, 0.15) is 5.82 Å². The molecule has 0 fully saturated rings. The molecule has 5 heteroatoms. The van der Waals surface area contributed by atoms with Crippen LogP contribution in [0.1, 0.15) is 15.9 Å². The number of anilines is 2. The summed E-state index contributed by atoms with van der Waals surface area (Å²) in [6.45, 7) is 1.78. The number of rotatable bonds is 2. The molecule has 0 saturated carbocycles. The van der Waals surface area contributed by atoms with E-state index in [4.69, 9.17) is 17.3 Å². The van der Waals surface area contributed by atoms with Gasteiger partial charge >= 0.3 is 0 Å². The van der Waals surface area contributed by atoms with Gasteiger partial charge in [-0.05, 0) is 42.8 Å². The quantitative estimate of drug-likeness (QED) is 0.824. The second-order valence-corrected chi connectivity index (χ2v) is 4.59. The maximum absolute atomic E-state index is 13.5. The highest BCUT2D eigenvalue weighted by Crippen LogP contribution is 2.21. The fourth-order valence-corrected chi connectivity index (χ4v) is 1.84. The first kappa shape index (κ1) is 13.4. The zero-order valence-electron chi connectivity index (χ0n) is 10.2. The van der Waals surface area contributed by atoms with Crippen molar-refractivity contribution >= 4 is 28.9 Å². The van der Waals surface area contributed by atoms with Gasteiger partial charge in [0.15, 0.2) is 0 Å². The summed E-state index contributed by atoms with van der Waals surface area (Å²) in [6.07, 6.45) is 0. The van der Waals surface area contributed by atoms with Gasteiger partial charge in [0.2, 0.25) is 0 Å². The van der Waals surface area contributed by atoms with E-state index in [-0.39, 0.29) is 5.69 Å². The number of aryl methyl sites for hydroxylation is 1. The maximum Gasteiger partial charge on any atom is 0.256 e. The Kier molecular flexibility index (Phi) is 3.71. The van der Waals surface area contributed by atoms with Crippen LogP contribution in [0.4, 0.5) is 15.8 Å². The van der Waals surface area contributed by atoms with Crippen molar-refractivity contribution in [2.45, 2.75) is 6.92 Å². The molecule has 1 amide bonds. The Morgan fingerprint density at radius 3 is 2.74 bits per heavy atom. The fraction of sp³-hybridized carbons (Fsp3) is 0.0714. The smallest absolute Gasteiger partial charge is 0.256 e. The molecule has 0 aliphatic heterocycles. The predicted molar refractivity (Wildman–Crippen MR) is 75.0 cm³/mol. The number of nitrogens with one attached hydrogen (secondary N) is 1. The molecule has 0 atom stereocenters. The second-order valence-electron chi connectivity index (χ2n) is 4.15. The van der Waals surface area contributed by atoms with E-state index in [0.29, 0.717) is 16.3 Å². The minimum absolute atomic E-state index is 0.0410. The topological polar surface area (TPSA) is 55.1 Å². The van der Waals surface area contributed by atoms with Crippen LogP contribution < -0.4 is 11.1 Å². The van der Waals surface area contributed by atoms with Crippen LogP contribution in [0, 0.1) is 12.7 Å². The van der Waals surface area contributed by atoms with Crippen molar-refractivity contribution in [1.82, 2.24) is 0 Å². The van der Waals surface area contributed by atoms with E-state index in [0.717, 1.165) is 5.56 Å². The Bertz CT molecular complexity index is 643. The van der Waals surface area contributed by atoms with Gasteiger partial charge in [0.05, 0.1) is 5.69 Å². The van der Waals surface area contributed by atoms with Crippen molar-refractivity contribution in [2.24, 2.45) is 0 Å². The SMILES string of the molecule is Cc1ccc(N)cc1C(=O)Nc1cc(Cl)ccc1F. The van der Waals surface area contributed by atoms with E-state index in [9.17, 15) is 9.18 Å². The summed E-state index contributed by atoms with van der Waals surface area (Å²) in [5.41, 5.74) is 7.31. The number of carbonyl (C=O) groups excluding carboxylic acids is 1. The third-order valence-corrected chi connectivity index (χ3v) is 2.92. The first-order chi connectivity index (χ1) is 8.97. The normalized spacial score (nSPS) is 10.3. The van der Waals surface area contributed by atoms with E-state index >= 15 is 0 Å². The van der Waals surface area contributed by atoms with Crippen molar-refractivity contribution in [1.29, 1.82) is 0 Å². The van der Waals surface area contributed by atoms with Crippen molar-refractivity contribution in [3.63, 3.8) is 0 Å². The maximum atomic E-state index is 13.5. The van der Waals surface area contributed by atoms with Gasteiger partial charge in [-0.3, -0.25) is 4.79 Å². The number of hydrogen-bond acceptors (Lipinski definition) is 2. The summed E-state index contributed by atoms with van der Waals surface area (Å²) < 4.78 is 13.5. The number of nitrogen functional groups attached to an aromatic ring is 1. The highest BCUT2D eigenvalue weighted by molar-refractivity contribution is 6.31. The van der Waals surface area contributed by atoms with Crippen LogP contribution in [-0.2, 0) is 0 Å². The van der Waals surface area contributed by atoms with Crippen LogP contribution in [0.25, 0.3) is 0 Å². The molecule has 3 nitrogen and oxygen atoms in total. The lowest BCUT2D eigenvalue weighted by Gasteiger charge is -2.09. The average molecular weight is 279 g/mol. The summed E-state index contributed by atoms with van der Waals surface area (Å²) in [5.74, 6) is -0.967. The lowest BCUT2D eigenvalue weighted by atomic mass is 10.1. The van der Waals surface area contributed by atoms with Crippen LogP contribution in [-0.4, -0.2) is 5.91 Å². The van der Waals surface area contributed by atoms with Gasteiger partial charge in [0.25, 0.3) is 5.91 Å². The molecule has 0 aromatic heterocycles. The number of nitrogens with two attached hydrogens (primary N) is 1. The summed E-state index contributed by atoms with van der Waals surface area (Å²) in [6, 6.07) is 8.96. The molecule has 2 aromatic rings. The highest BCUT2D eigenvalue weighted by atomic mass is 35.5. The Hall–Kier alpha value is -2.07. The van der Waals surface area contributed by atoms with E-state index in [1.807, 2.05) is 0 Å². The molecule has 3 N–H and O–H groups in total. The first-order valence-corrected chi connectivity index (χ1v) is 5.97. The summed E-state index contributed by atoms with van der Waals surface area (Å²) >= 11 is 5.76. The molecular weight excluding hydrogens is 267 g/mol. The largest absolute Gasteiger partial charge is 0.399 e. The van der Waals surface area contributed by atoms with Crippen LogP contribution in [0.5, 0.6) is 0 Å². The van der Waals surface area contributed by atoms with Crippen LogP contribution >= 0.6 is 11.6 Å². The summed E-state index contributed by atoms with van der Waals surface area (Å²) in [4.78, 5) is 12.1. The van der Waals surface area contributed by atoms with E-state index < -0.39 is 11.7 Å². The zero-order valence-corrected chi connectivity index (χ0v) is 11.0. The third kappa shape index (κ3) is 3.03. The molecule has 2 rings (SSSR count). The number of carbonyl (C=O) groups is 1. The van der Waals surface area contributed by atoms with Gasteiger partial charge in [-0.2, -0.15) is 0 Å². The molecular formula is C14H12ClFN2O. The van der Waals surface area contributed by atoms with Crippen LogP contribution in [0.2, 0.25) is 5.02 Å². The van der Waals surface area contributed by atoms with Crippen molar-refractivity contribution < 1.29 is 9.18 Å².